The van der Waals surface area contributed by atoms with Gasteiger partial charge in [0, 0.05) is 12.5 Å². The Bertz CT molecular complexity index is 191. The van der Waals surface area contributed by atoms with Crippen LogP contribution in [0.3, 0.4) is 0 Å². The molecule has 0 radical (unpaired) electrons. The minimum absolute atomic E-state index is 0.0385. The third-order valence-corrected chi connectivity index (χ3v) is 3.41. The van der Waals surface area contributed by atoms with Crippen molar-refractivity contribution in [1.29, 1.82) is 0 Å². The molecule has 0 saturated heterocycles. The number of nitrogens with one attached hydrogen (secondary N) is 1. The summed E-state index contributed by atoms with van der Waals surface area (Å²) in [6.45, 7) is 2.18. The minimum atomic E-state index is -4.01. The lowest BCUT2D eigenvalue weighted by molar-refractivity contribution is -0.137. The topological polar surface area (TPSA) is 12.0 Å². The van der Waals surface area contributed by atoms with E-state index in [0.29, 0.717) is 11.8 Å². The van der Waals surface area contributed by atoms with Crippen LogP contribution in [0.1, 0.15) is 39.0 Å². The molecule has 4 heteroatoms. The first-order valence-corrected chi connectivity index (χ1v) is 5.66. The first-order chi connectivity index (χ1) is 6.92. The molecular weight excluding hydrogens is 203 g/mol. The molecule has 0 aliphatic heterocycles. The monoisotopic (exact) mass is 223 g/mol. The summed E-state index contributed by atoms with van der Waals surface area (Å²) in [5, 5.41) is 3.04. The van der Waals surface area contributed by atoms with Crippen LogP contribution >= 0.6 is 0 Å². The van der Waals surface area contributed by atoms with E-state index in [9.17, 15) is 13.2 Å². The standard InChI is InChI=1S/C11H20F3N/c1-8-3-4-9(7-8)10(15-2)5-6-11(12,13)14/h8-10,15H,3-7H2,1-2H3. The Kier molecular flexibility index (Phi) is 4.44. The van der Waals surface area contributed by atoms with Gasteiger partial charge in [-0.15, -0.1) is 0 Å². The molecule has 3 unspecified atom stereocenters. The van der Waals surface area contributed by atoms with Crippen LogP contribution in [-0.2, 0) is 0 Å². The molecule has 0 aromatic heterocycles. The SMILES string of the molecule is CNC(CCC(F)(F)F)C1CCC(C)C1. The lowest BCUT2D eigenvalue weighted by atomic mass is 9.93. The molecule has 1 fully saturated rings. The predicted octanol–water partition coefficient (Wildman–Crippen LogP) is 3.35. The van der Waals surface area contributed by atoms with Crippen LogP contribution in [0.2, 0.25) is 0 Å². The van der Waals surface area contributed by atoms with E-state index in [4.69, 9.17) is 0 Å². The van der Waals surface area contributed by atoms with Crippen LogP contribution in [0, 0.1) is 11.8 Å². The Hall–Kier alpha value is -0.250. The molecule has 1 rings (SSSR count). The van der Waals surface area contributed by atoms with Crippen molar-refractivity contribution >= 4 is 0 Å². The number of alkyl halides is 3. The van der Waals surface area contributed by atoms with Crippen molar-refractivity contribution in [3.8, 4) is 0 Å². The summed E-state index contributed by atoms with van der Waals surface area (Å²) in [4.78, 5) is 0. The zero-order valence-electron chi connectivity index (χ0n) is 9.40. The van der Waals surface area contributed by atoms with Crippen LogP contribution in [0.4, 0.5) is 13.2 Å². The number of hydrogen-bond acceptors (Lipinski definition) is 1. The molecule has 0 amide bonds. The van der Waals surface area contributed by atoms with E-state index in [1.54, 1.807) is 7.05 Å². The fourth-order valence-corrected chi connectivity index (χ4v) is 2.55. The van der Waals surface area contributed by atoms with E-state index in [0.717, 1.165) is 19.3 Å². The van der Waals surface area contributed by atoms with E-state index < -0.39 is 12.6 Å². The average Bonchev–Trinajstić information content (AvgIpc) is 2.51. The number of halogens is 3. The smallest absolute Gasteiger partial charge is 0.317 e. The minimum Gasteiger partial charge on any atom is -0.317 e. The second-order valence-electron chi connectivity index (χ2n) is 4.73. The molecule has 1 saturated carbocycles. The molecule has 90 valence electrons. The second-order valence-corrected chi connectivity index (χ2v) is 4.73. The Balaban J connectivity index is 2.36. The van der Waals surface area contributed by atoms with E-state index in [1.807, 2.05) is 0 Å². The van der Waals surface area contributed by atoms with Crippen molar-refractivity contribution in [1.82, 2.24) is 5.32 Å². The zero-order chi connectivity index (χ0) is 11.5. The van der Waals surface area contributed by atoms with E-state index in [1.165, 1.54) is 0 Å². The Morgan fingerprint density at radius 3 is 2.40 bits per heavy atom. The molecule has 0 bridgehead atoms. The third-order valence-electron chi connectivity index (χ3n) is 3.41. The molecule has 1 aliphatic rings. The molecule has 15 heavy (non-hydrogen) atoms. The van der Waals surface area contributed by atoms with E-state index in [-0.39, 0.29) is 12.5 Å². The van der Waals surface area contributed by atoms with Gasteiger partial charge in [-0.25, -0.2) is 0 Å². The lowest BCUT2D eigenvalue weighted by Gasteiger charge is -2.23. The maximum Gasteiger partial charge on any atom is 0.389 e. The van der Waals surface area contributed by atoms with E-state index in [2.05, 4.69) is 12.2 Å². The lowest BCUT2D eigenvalue weighted by Crippen LogP contribution is -2.33. The largest absolute Gasteiger partial charge is 0.389 e. The van der Waals surface area contributed by atoms with Gasteiger partial charge in [0.1, 0.15) is 0 Å². The summed E-state index contributed by atoms with van der Waals surface area (Å²) in [7, 11) is 1.77. The average molecular weight is 223 g/mol. The van der Waals surface area contributed by atoms with Gasteiger partial charge in [-0.3, -0.25) is 0 Å². The molecule has 0 aromatic carbocycles. The Morgan fingerprint density at radius 2 is 2.00 bits per heavy atom. The van der Waals surface area contributed by atoms with Gasteiger partial charge in [-0.05, 0) is 38.1 Å². The highest BCUT2D eigenvalue weighted by Gasteiger charge is 2.32. The molecule has 1 nitrogen and oxygen atoms in total. The molecule has 1 aliphatic carbocycles. The number of hydrogen-bond donors (Lipinski definition) is 1. The van der Waals surface area contributed by atoms with Crippen molar-refractivity contribution in [2.24, 2.45) is 11.8 Å². The normalized spacial score (nSPS) is 29.4. The van der Waals surface area contributed by atoms with Gasteiger partial charge >= 0.3 is 6.18 Å². The Morgan fingerprint density at radius 1 is 1.33 bits per heavy atom. The fraction of sp³-hybridized carbons (Fsp3) is 1.00. The summed E-state index contributed by atoms with van der Waals surface area (Å²) in [6, 6.07) is 0.0385. The third kappa shape index (κ3) is 4.41. The summed E-state index contributed by atoms with van der Waals surface area (Å²) in [6.07, 6.45) is -1.15. The van der Waals surface area contributed by atoms with Crippen molar-refractivity contribution in [3.05, 3.63) is 0 Å². The maximum atomic E-state index is 12.1. The van der Waals surface area contributed by atoms with Crippen molar-refractivity contribution in [3.63, 3.8) is 0 Å². The van der Waals surface area contributed by atoms with Crippen molar-refractivity contribution < 1.29 is 13.2 Å². The second kappa shape index (κ2) is 5.19. The molecular formula is C11H20F3N. The first-order valence-electron chi connectivity index (χ1n) is 5.66. The van der Waals surface area contributed by atoms with Gasteiger partial charge in [-0.1, -0.05) is 13.3 Å². The molecule has 3 atom stereocenters. The molecule has 0 spiro atoms. The molecule has 1 N–H and O–H groups in total. The van der Waals surface area contributed by atoms with Gasteiger partial charge in [-0.2, -0.15) is 13.2 Å². The Labute approximate surface area is 89.4 Å². The predicted molar refractivity (Wildman–Crippen MR) is 54.6 cm³/mol. The van der Waals surface area contributed by atoms with Crippen LogP contribution in [0.15, 0.2) is 0 Å². The van der Waals surface area contributed by atoms with Crippen LogP contribution in [0.25, 0.3) is 0 Å². The fourth-order valence-electron chi connectivity index (χ4n) is 2.55. The highest BCUT2D eigenvalue weighted by molar-refractivity contribution is 4.83. The first kappa shape index (κ1) is 12.8. The summed E-state index contributed by atoms with van der Waals surface area (Å²) >= 11 is 0. The highest BCUT2D eigenvalue weighted by atomic mass is 19.4. The maximum absolute atomic E-state index is 12.1. The van der Waals surface area contributed by atoms with Crippen LogP contribution < -0.4 is 5.32 Å². The van der Waals surface area contributed by atoms with Crippen LogP contribution in [0.5, 0.6) is 0 Å². The zero-order valence-corrected chi connectivity index (χ0v) is 9.40. The summed E-state index contributed by atoms with van der Waals surface area (Å²) < 4.78 is 36.3. The van der Waals surface area contributed by atoms with Gasteiger partial charge in [0.05, 0.1) is 0 Å². The van der Waals surface area contributed by atoms with Gasteiger partial charge < -0.3 is 5.32 Å². The van der Waals surface area contributed by atoms with Crippen molar-refractivity contribution in [2.75, 3.05) is 7.05 Å². The van der Waals surface area contributed by atoms with Crippen LogP contribution in [-0.4, -0.2) is 19.3 Å². The van der Waals surface area contributed by atoms with Gasteiger partial charge in [0.15, 0.2) is 0 Å². The molecule has 0 heterocycles. The van der Waals surface area contributed by atoms with Crippen molar-refractivity contribution in [2.45, 2.75) is 51.2 Å². The molecule has 0 aromatic rings. The highest BCUT2D eigenvalue weighted by Crippen LogP contribution is 2.35. The van der Waals surface area contributed by atoms with Gasteiger partial charge in [0.25, 0.3) is 0 Å². The van der Waals surface area contributed by atoms with Gasteiger partial charge in [0.2, 0.25) is 0 Å². The quantitative estimate of drug-likeness (QED) is 0.770. The van der Waals surface area contributed by atoms with E-state index >= 15 is 0 Å². The number of rotatable bonds is 4. The summed E-state index contributed by atoms with van der Waals surface area (Å²) in [5.74, 6) is 1.11. The summed E-state index contributed by atoms with van der Waals surface area (Å²) in [5.41, 5.74) is 0.